The van der Waals surface area contributed by atoms with Crippen molar-refractivity contribution in [3.05, 3.63) is 0 Å². The molecule has 3 fully saturated rings. The van der Waals surface area contributed by atoms with Crippen molar-refractivity contribution in [1.29, 1.82) is 0 Å². The predicted molar refractivity (Wildman–Crippen MR) is 66.3 cm³/mol. The first-order valence-corrected chi connectivity index (χ1v) is 6.64. The molecule has 1 atom stereocenters. The van der Waals surface area contributed by atoms with Crippen molar-refractivity contribution < 1.29 is 14.4 Å². The van der Waals surface area contributed by atoms with Gasteiger partial charge in [-0.25, -0.2) is 4.79 Å². The van der Waals surface area contributed by atoms with Crippen molar-refractivity contribution in [3.8, 4) is 0 Å². The second kappa shape index (κ2) is 4.19. The van der Waals surface area contributed by atoms with E-state index in [-0.39, 0.29) is 24.4 Å². The quantitative estimate of drug-likeness (QED) is 0.635. The maximum Gasteiger partial charge on any atom is 0.325 e. The summed E-state index contributed by atoms with van der Waals surface area (Å²) in [5, 5.41) is 5.80. The lowest BCUT2D eigenvalue weighted by Gasteiger charge is -2.21. The number of carbonyl (C=O) groups is 3. The Morgan fingerprint density at radius 1 is 1.47 bits per heavy atom. The molecule has 1 unspecified atom stereocenters. The van der Waals surface area contributed by atoms with Crippen LogP contribution in [0.3, 0.4) is 0 Å². The van der Waals surface area contributed by atoms with Crippen LogP contribution >= 0.6 is 0 Å². The predicted octanol–water partition coefficient (Wildman–Crippen LogP) is -1.11. The largest absolute Gasteiger partial charge is 0.341 e. The minimum atomic E-state index is -0.824. The fourth-order valence-corrected chi connectivity index (χ4v) is 2.71. The van der Waals surface area contributed by atoms with E-state index in [4.69, 9.17) is 0 Å². The Hall–Kier alpha value is -1.63. The van der Waals surface area contributed by atoms with Gasteiger partial charge in [-0.1, -0.05) is 0 Å². The molecule has 2 aliphatic heterocycles. The maximum atomic E-state index is 12.3. The highest BCUT2D eigenvalue weighted by Gasteiger charge is 2.53. The molecule has 0 radical (unpaired) electrons. The Kier molecular flexibility index (Phi) is 2.74. The van der Waals surface area contributed by atoms with Gasteiger partial charge in [0.15, 0.2) is 0 Å². The number of hydrogen-bond acceptors (Lipinski definition) is 4. The first-order valence-electron chi connectivity index (χ1n) is 6.64. The van der Waals surface area contributed by atoms with Gasteiger partial charge in [0, 0.05) is 19.6 Å². The van der Waals surface area contributed by atoms with E-state index in [0.29, 0.717) is 19.5 Å². The van der Waals surface area contributed by atoms with Crippen LogP contribution in [-0.2, 0) is 9.59 Å². The highest BCUT2D eigenvalue weighted by molar-refractivity contribution is 6.09. The molecule has 2 N–H and O–H groups in total. The number of imide groups is 1. The molecule has 0 bridgehead atoms. The molecule has 7 heteroatoms. The number of rotatable bonds is 3. The zero-order valence-corrected chi connectivity index (χ0v) is 10.9. The Morgan fingerprint density at radius 2 is 2.21 bits per heavy atom. The van der Waals surface area contributed by atoms with Crippen LogP contribution in [0.2, 0.25) is 0 Å². The molecule has 3 rings (SSSR count). The minimum Gasteiger partial charge on any atom is -0.341 e. The summed E-state index contributed by atoms with van der Waals surface area (Å²) in [6.07, 6.45) is 2.60. The van der Waals surface area contributed by atoms with E-state index in [9.17, 15) is 14.4 Å². The van der Waals surface area contributed by atoms with Crippen LogP contribution in [0, 0.1) is 0 Å². The monoisotopic (exact) mass is 266 g/mol. The molecule has 0 aromatic heterocycles. The van der Waals surface area contributed by atoms with Crippen molar-refractivity contribution in [1.82, 2.24) is 20.4 Å². The molecule has 104 valence electrons. The molecular weight excluding hydrogens is 248 g/mol. The Labute approximate surface area is 111 Å². The van der Waals surface area contributed by atoms with Gasteiger partial charge in [0.25, 0.3) is 5.91 Å². The van der Waals surface area contributed by atoms with Crippen molar-refractivity contribution in [2.75, 3.05) is 26.7 Å². The van der Waals surface area contributed by atoms with Gasteiger partial charge in [-0.3, -0.25) is 14.5 Å². The van der Waals surface area contributed by atoms with Crippen LogP contribution in [-0.4, -0.2) is 65.9 Å². The van der Waals surface area contributed by atoms with Gasteiger partial charge < -0.3 is 15.5 Å². The summed E-state index contributed by atoms with van der Waals surface area (Å²) in [5.74, 6) is -0.450. The van der Waals surface area contributed by atoms with Gasteiger partial charge in [0.05, 0.1) is 0 Å². The van der Waals surface area contributed by atoms with E-state index in [1.54, 1.807) is 11.9 Å². The van der Waals surface area contributed by atoms with Gasteiger partial charge >= 0.3 is 6.03 Å². The molecule has 4 amide bonds. The SMILES string of the molecule is CN(C(=O)CN1C(=O)NC2(CCNC2)C1=O)C1CC1. The second-order valence-corrected chi connectivity index (χ2v) is 5.57. The zero-order chi connectivity index (χ0) is 13.6. The van der Waals surface area contributed by atoms with E-state index < -0.39 is 11.6 Å². The molecule has 2 heterocycles. The summed E-state index contributed by atoms with van der Waals surface area (Å²) >= 11 is 0. The first-order chi connectivity index (χ1) is 9.03. The van der Waals surface area contributed by atoms with Crippen molar-refractivity contribution >= 4 is 17.8 Å². The third-order valence-corrected chi connectivity index (χ3v) is 4.18. The van der Waals surface area contributed by atoms with Gasteiger partial charge in [-0.2, -0.15) is 0 Å². The lowest BCUT2D eigenvalue weighted by Crippen LogP contribution is -2.49. The lowest BCUT2D eigenvalue weighted by atomic mass is 9.99. The first kappa shape index (κ1) is 12.4. The average Bonchev–Trinajstić information content (AvgIpc) is 3.09. The third kappa shape index (κ3) is 1.98. The third-order valence-electron chi connectivity index (χ3n) is 4.18. The molecule has 7 nitrogen and oxygen atoms in total. The van der Waals surface area contributed by atoms with Gasteiger partial charge in [-0.15, -0.1) is 0 Å². The molecule has 1 aliphatic carbocycles. The average molecular weight is 266 g/mol. The van der Waals surface area contributed by atoms with Crippen molar-refractivity contribution in [2.45, 2.75) is 30.8 Å². The normalized spacial score (nSPS) is 30.1. The van der Waals surface area contributed by atoms with Gasteiger partial charge in [0.1, 0.15) is 12.1 Å². The molecular formula is C12H18N4O3. The molecule has 0 aromatic rings. The summed E-state index contributed by atoms with van der Waals surface area (Å²) < 4.78 is 0. The highest BCUT2D eigenvalue weighted by Crippen LogP contribution is 2.27. The number of nitrogens with zero attached hydrogens (tertiary/aromatic N) is 2. The zero-order valence-electron chi connectivity index (χ0n) is 10.9. The standard InChI is InChI=1S/C12H18N4O3/c1-15(8-2-3-8)9(17)6-16-10(18)12(14-11(16)19)4-5-13-7-12/h8,13H,2-7H2,1H3,(H,14,19). The summed E-state index contributed by atoms with van der Waals surface area (Å²) in [5.41, 5.74) is -0.824. The second-order valence-electron chi connectivity index (χ2n) is 5.57. The molecule has 0 aromatic carbocycles. The minimum absolute atomic E-state index is 0.153. The highest BCUT2D eigenvalue weighted by atomic mass is 16.2. The summed E-state index contributed by atoms with van der Waals surface area (Å²) in [4.78, 5) is 38.9. The van der Waals surface area contributed by atoms with Crippen LogP contribution in [0.4, 0.5) is 4.79 Å². The summed E-state index contributed by atoms with van der Waals surface area (Å²) in [7, 11) is 1.73. The fraction of sp³-hybridized carbons (Fsp3) is 0.750. The van der Waals surface area contributed by atoms with Gasteiger partial charge in [-0.05, 0) is 25.8 Å². The number of hydrogen-bond donors (Lipinski definition) is 2. The smallest absolute Gasteiger partial charge is 0.325 e. The van der Waals surface area contributed by atoms with Crippen LogP contribution in [0.5, 0.6) is 0 Å². The molecule has 1 spiro atoms. The van der Waals surface area contributed by atoms with E-state index in [1.807, 2.05) is 0 Å². The van der Waals surface area contributed by atoms with Crippen molar-refractivity contribution in [3.63, 3.8) is 0 Å². The number of nitrogens with one attached hydrogen (secondary N) is 2. The van der Waals surface area contributed by atoms with Crippen LogP contribution in [0.15, 0.2) is 0 Å². The molecule has 1 saturated carbocycles. The molecule has 2 saturated heterocycles. The number of carbonyl (C=O) groups excluding carboxylic acids is 3. The molecule has 3 aliphatic rings. The number of likely N-dealkylation sites (N-methyl/N-ethyl adjacent to an activating group) is 1. The van der Waals surface area contributed by atoms with E-state index >= 15 is 0 Å². The Balaban J connectivity index is 1.69. The lowest BCUT2D eigenvalue weighted by molar-refractivity contribution is -0.138. The van der Waals surface area contributed by atoms with Crippen LogP contribution < -0.4 is 10.6 Å². The van der Waals surface area contributed by atoms with E-state index in [0.717, 1.165) is 17.7 Å². The number of amides is 4. The summed E-state index contributed by atoms with van der Waals surface area (Å²) in [6, 6.07) is -0.165. The fourth-order valence-electron chi connectivity index (χ4n) is 2.71. The molecule has 19 heavy (non-hydrogen) atoms. The Morgan fingerprint density at radius 3 is 2.79 bits per heavy atom. The Bertz CT molecular complexity index is 440. The van der Waals surface area contributed by atoms with E-state index in [1.165, 1.54) is 0 Å². The number of urea groups is 1. The van der Waals surface area contributed by atoms with Crippen LogP contribution in [0.25, 0.3) is 0 Å². The summed E-state index contributed by atoms with van der Waals surface area (Å²) in [6.45, 7) is 0.996. The van der Waals surface area contributed by atoms with E-state index in [2.05, 4.69) is 10.6 Å². The van der Waals surface area contributed by atoms with Crippen LogP contribution in [0.1, 0.15) is 19.3 Å². The van der Waals surface area contributed by atoms with Gasteiger partial charge in [0.2, 0.25) is 5.91 Å². The maximum absolute atomic E-state index is 12.3. The van der Waals surface area contributed by atoms with Crippen molar-refractivity contribution in [2.24, 2.45) is 0 Å². The topological polar surface area (TPSA) is 81.8 Å².